The molecule has 2 aromatic rings. The van der Waals surface area contributed by atoms with Gasteiger partial charge in [0.2, 0.25) is 0 Å². The van der Waals surface area contributed by atoms with Crippen LogP contribution in [0.25, 0.3) is 11.3 Å². The van der Waals surface area contributed by atoms with Crippen LogP contribution in [0.4, 0.5) is 0 Å². The number of carboxylic acid groups (broad SMARTS) is 1. The molecule has 0 saturated heterocycles. The maximum absolute atomic E-state index is 10.9. The lowest BCUT2D eigenvalue weighted by molar-refractivity contribution is -0.138. The Labute approximate surface area is 124 Å². The number of carbonyl (C=O) groups is 1. The quantitative estimate of drug-likeness (QED) is 0.848. The van der Waals surface area contributed by atoms with E-state index in [2.05, 4.69) is 19.0 Å². The highest BCUT2D eigenvalue weighted by Crippen LogP contribution is 2.19. The van der Waals surface area contributed by atoms with E-state index in [-0.39, 0.29) is 6.54 Å². The van der Waals surface area contributed by atoms with Crippen LogP contribution in [-0.4, -0.2) is 34.2 Å². The highest BCUT2D eigenvalue weighted by molar-refractivity contribution is 5.69. The number of benzene rings is 1. The predicted octanol–water partition coefficient (Wildman–Crippen LogP) is 2.88. The van der Waals surface area contributed by atoms with Crippen molar-refractivity contribution in [2.24, 2.45) is 5.92 Å². The van der Waals surface area contributed by atoms with Gasteiger partial charge < -0.3 is 9.63 Å². The normalized spacial score (nSPS) is 11.2. The maximum atomic E-state index is 10.9. The molecule has 0 aliphatic rings. The minimum absolute atomic E-state index is 0.000446. The Morgan fingerprint density at radius 2 is 2.05 bits per heavy atom. The first-order valence-corrected chi connectivity index (χ1v) is 6.99. The van der Waals surface area contributed by atoms with Gasteiger partial charge in [-0.25, -0.2) is 0 Å². The number of aromatic nitrogens is 1. The lowest BCUT2D eigenvalue weighted by Crippen LogP contribution is -2.32. The van der Waals surface area contributed by atoms with E-state index in [9.17, 15) is 4.79 Å². The average molecular weight is 288 g/mol. The van der Waals surface area contributed by atoms with Gasteiger partial charge in [-0.2, -0.15) is 0 Å². The molecule has 0 aliphatic heterocycles. The van der Waals surface area contributed by atoms with E-state index < -0.39 is 5.97 Å². The number of aliphatic carboxylic acids is 1. The number of nitrogens with zero attached hydrogens (tertiary/aromatic N) is 2. The van der Waals surface area contributed by atoms with E-state index in [0.29, 0.717) is 24.8 Å². The monoisotopic (exact) mass is 288 g/mol. The SMILES string of the molecule is CC(C)CN(CC(=O)O)Cc1cc(-c2ccccc2)no1. The fraction of sp³-hybridized carbons (Fsp3) is 0.375. The van der Waals surface area contributed by atoms with Crippen molar-refractivity contribution in [2.75, 3.05) is 13.1 Å². The second kappa shape index (κ2) is 7.04. The van der Waals surface area contributed by atoms with Crippen LogP contribution in [0.15, 0.2) is 40.9 Å². The van der Waals surface area contributed by atoms with Gasteiger partial charge in [-0.15, -0.1) is 0 Å². The van der Waals surface area contributed by atoms with Gasteiger partial charge in [0.05, 0.1) is 13.1 Å². The fourth-order valence-electron chi connectivity index (χ4n) is 2.25. The number of carboxylic acids is 1. The van der Waals surface area contributed by atoms with Crippen molar-refractivity contribution in [1.82, 2.24) is 10.1 Å². The molecule has 0 radical (unpaired) electrons. The molecule has 1 aromatic heterocycles. The Morgan fingerprint density at radius 3 is 2.67 bits per heavy atom. The van der Waals surface area contributed by atoms with Gasteiger partial charge in [-0.3, -0.25) is 9.69 Å². The molecule has 2 rings (SSSR count). The van der Waals surface area contributed by atoms with Gasteiger partial charge >= 0.3 is 5.97 Å². The highest BCUT2D eigenvalue weighted by atomic mass is 16.5. The zero-order valence-electron chi connectivity index (χ0n) is 12.3. The van der Waals surface area contributed by atoms with E-state index in [4.69, 9.17) is 9.63 Å². The molecule has 0 unspecified atom stereocenters. The molecule has 0 bridgehead atoms. The number of hydrogen-bond donors (Lipinski definition) is 1. The lowest BCUT2D eigenvalue weighted by Gasteiger charge is -2.20. The zero-order valence-corrected chi connectivity index (χ0v) is 12.3. The first-order chi connectivity index (χ1) is 10.0. The van der Waals surface area contributed by atoms with Gasteiger partial charge in [-0.1, -0.05) is 49.3 Å². The predicted molar refractivity (Wildman–Crippen MR) is 79.7 cm³/mol. The molecule has 5 heteroatoms. The minimum atomic E-state index is -0.835. The summed E-state index contributed by atoms with van der Waals surface area (Å²) in [6.45, 7) is 5.27. The van der Waals surface area contributed by atoms with Crippen LogP contribution in [0.3, 0.4) is 0 Å². The molecule has 0 atom stereocenters. The van der Waals surface area contributed by atoms with Gasteiger partial charge in [0.1, 0.15) is 5.69 Å². The van der Waals surface area contributed by atoms with E-state index in [0.717, 1.165) is 11.3 Å². The van der Waals surface area contributed by atoms with Crippen LogP contribution in [-0.2, 0) is 11.3 Å². The van der Waals surface area contributed by atoms with E-state index in [1.165, 1.54) is 0 Å². The third-order valence-corrected chi connectivity index (χ3v) is 2.99. The summed E-state index contributed by atoms with van der Waals surface area (Å²) in [5, 5.41) is 13.0. The highest BCUT2D eigenvalue weighted by Gasteiger charge is 2.15. The average Bonchev–Trinajstić information content (AvgIpc) is 2.86. The summed E-state index contributed by atoms with van der Waals surface area (Å²) < 4.78 is 5.33. The summed E-state index contributed by atoms with van der Waals surface area (Å²) >= 11 is 0. The molecule has 21 heavy (non-hydrogen) atoms. The lowest BCUT2D eigenvalue weighted by atomic mass is 10.1. The standard InChI is InChI=1S/C16H20N2O3/c1-12(2)9-18(11-16(19)20)10-14-8-15(17-21-14)13-6-4-3-5-7-13/h3-8,12H,9-11H2,1-2H3,(H,19,20). The molecule has 0 spiro atoms. The Kier molecular flexibility index (Phi) is 5.11. The smallest absolute Gasteiger partial charge is 0.317 e. The van der Waals surface area contributed by atoms with Crippen LogP contribution in [0.2, 0.25) is 0 Å². The van der Waals surface area contributed by atoms with Crippen LogP contribution in [0.5, 0.6) is 0 Å². The second-order valence-electron chi connectivity index (χ2n) is 5.50. The molecule has 112 valence electrons. The first-order valence-electron chi connectivity index (χ1n) is 6.99. The molecule has 0 saturated carbocycles. The molecule has 5 nitrogen and oxygen atoms in total. The molecule has 1 heterocycles. The Hall–Kier alpha value is -2.14. The maximum Gasteiger partial charge on any atom is 0.317 e. The van der Waals surface area contributed by atoms with E-state index in [1.807, 2.05) is 41.3 Å². The summed E-state index contributed by atoms with van der Waals surface area (Å²) in [4.78, 5) is 12.8. The molecular formula is C16H20N2O3. The van der Waals surface area contributed by atoms with Crippen molar-refractivity contribution in [3.63, 3.8) is 0 Å². The van der Waals surface area contributed by atoms with Crippen molar-refractivity contribution >= 4 is 5.97 Å². The first kappa shape index (κ1) is 15.3. The fourth-order valence-corrected chi connectivity index (χ4v) is 2.25. The topological polar surface area (TPSA) is 66.6 Å². The van der Waals surface area contributed by atoms with E-state index in [1.54, 1.807) is 0 Å². The number of rotatable bonds is 7. The van der Waals surface area contributed by atoms with Crippen molar-refractivity contribution in [3.8, 4) is 11.3 Å². The summed E-state index contributed by atoms with van der Waals surface area (Å²) in [7, 11) is 0. The van der Waals surface area contributed by atoms with Crippen molar-refractivity contribution in [3.05, 3.63) is 42.2 Å². The zero-order chi connectivity index (χ0) is 15.2. The summed E-state index contributed by atoms with van der Waals surface area (Å²) in [6, 6.07) is 11.6. The molecule has 1 N–H and O–H groups in total. The van der Waals surface area contributed by atoms with Crippen molar-refractivity contribution in [2.45, 2.75) is 20.4 Å². The Balaban J connectivity index is 2.07. The molecule has 1 aromatic carbocycles. The van der Waals surface area contributed by atoms with Crippen LogP contribution in [0, 0.1) is 5.92 Å². The van der Waals surface area contributed by atoms with Gasteiger partial charge in [-0.05, 0) is 5.92 Å². The van der Waals surface area contributed by atoms with Gasteiger partial charge in [0, 0.05) is 18.2 Å². The Bertz CT molecular complexity index is 578. The van der Waals surface area contributed by atoms with Crippen LogP contribution in [0.1, 0.15) is 19.6 Å². The summed E-state index contributed by atoms with van der Waals surface area (Å²) in [5.41, 5.74) is 1.76. The van der Waals surface area contributed by atoms with Gasteiger partial charge in [0.25, 0.3) is 0 Å². The second-order valence-corrected chi connectivity index (χ2v) is 5.50. The van der Waals surface area contributed by atoms with Crippen molar-refractivity contribution in [1.29, 1.82) is 0 Å². The molecular weight excluding hydrogens is 268 g/mol. The summed E-state index contributed by atoms with van der Waals surface area (Å²) in [5.74, 6) is 0.232. The van der Waals surface area contributed by atoms with Crippen molar-refractivity contribution < 1.29 is 14.4 Å². The Morgan fingerprint density at radius 1 is 1.33 bits per heavy atom. The summed E-state index contributed by atoms with van der Waals surface area (Å²) in [6.07, 6.45) is 0. The third-order valence-electron chi connectivity index (χ3n) is 2.99. The minimum Gasteiger partial charge on any atom is -0.480 e. The third kappa shape index (κ3) is 4.72. The van der Waals surface area contributed by atoms with E-state index >= 15 is 0 Å². The number of hydrogen-bond acceptors (Lipinski definition) is 4. The van der Waals surface area contributed by atoms with Gasteiger partial charge in [0.15, 0.2) is 5.76 Å². The molecule has 0 aliphatic carbocycles. The largest absolute Gasteiger partial charge is 0.480 e. The van der Waals surface area contributed by atoms with Crippen LogP contribution < -0.4 is 0 Å². The molecule has 0 amide bonds. The van der Waals surface area contributed by atoms with Crippen LogP contribution >= 0.6 is 0 Å². The molecule has 0 fully saturated rings.